The van der Waals surface area contributed by atoms with Crippen molar-refractivity contribution in [3.05, 3.63) is 70.9 Å². The molecule has 0 radical (unpaired) electrons. The van der Waals surface area contributed by atoms with Crippen LogP contribution in [0.4, 0.5) is 0 Å². The molecule has 0 saturated carbocycles. The lowest BCUT2D eigenvalue weighted by Gasteiger charge is -2.09. The lowest BCUT2D eigenvalue weighted by atomic mass is 10.1. The van der Waals surface area contributed by atoms with Crippen LogP contribution in [0.1, 0.15) is 5.56 Å². The Labute approximate surface area is 133 Å². The second kappa shape index (κ2) is 6.01. The van der Waals surface area contributed by atoms with E-state index in [1.807, 2.05) is 6.07 Å². The summed E-state index contributed by atoms with van der Waals surface area (Å²) < 4.78 is 11.1. The number of methoxy groups -OCH3 is 1. The van der Waals surface area contributed by atoms with Gasteiger partial charge in [-0.15, -0.1) is 6.58 Å². The summed E-state index contributed by atoms with van der Waals surface area (Å²) in [7, 11) is 1.55. The van der Waals surface area contributed by atoms with Gasteiger partial charge >= 0.3 is 0 Å². The highest BCUT2D eigenvalue weighted by Crippen LogP contribution is 2.33. The summed E-state index contributed by atoms with van der Waals surface area (Å²) in [6, 6.07) is 12.3. The first kappa shape index (κ1) is 14.9. The highest BCUT2D eigenvalue weighted by Gasteiger charge is 2.17. The highest BCUT2D eigenvalue weighted by molar-refractivity contribution is 5.84. The van der Waals surface area contributed by atoms with E-state index in [1.54, 1.807) is 49.6 Å². The Hall–Kier alpha value is -3.01. The number of hydrogen-bond acceptors (Lipinski definition) is 4. The first-order chi connectivity index (χ1) is 11.2. The molecule has 0 aliphatic carbocycles. The first-order valence-electron chi connectivity index (χ1n) is 7.18. The van der Waals surface area contributed by atoms with E-state index in [-0.39, 0.29) is 5.76 Å². The topological polar surface area (TPSA) is 59.7 Å². The van der Waals surface area contributed by atoms with Crippen LogP contribution in [0, 0.1) is 0 Å². The molecule has 0 bridgehead atoms. The van der Waals surface area contributed by atoms with Gasteiger partial charge in [-0.1, -0.05) is 30.3 Å². The van der Waals surface area contributed by atoms with E-state index in [9.17, 15) is 9.90 Å². The Bertz CT molecular complexity index is 938. The van der Waals surface area contributed by atoms with Crippen LogP contribution in [-0.4, -0.2) is 12.2 Å². The fourth-order valence-electron chi connectivity index (χ4n) is 2.54. The maximum absolute atomic E-state index is 12.5. The van der Waals surface area contributed by atoms with E-state index in [0.717, 1.165) is 5.56 Å². The van der Waals surface area contributed by atoms with Crippen molar-refractivity contribution in [2.75, 3.05) is 7.11 Å². The molecule has 4 nitrogen and oxygen atoms in total. The molecule has 0 amide bonds. The zero-order valence-corrected chi connectivity index (χ0v) is 12.7. The molecule has 4 heteroatoms. The Morgan fingerprint density at radius 2 is 2.04 bits per heavy atom. The molecule has 0 unspecified atom stereocenters. The third-order valence-electron chi connectivity index (χ3n) is 3.67. The van der Waals surface area contributed by atoms with E-state index < -0.39 is 11.2 Å². The Morgan fingerprint density at radius 3 is 2.78 bits per heavy atom. The molecule has 3 rings (SSSR count). The van der Waals surface area contributed by atoms with E-state index in [2.05, 4.69) is 6.58 Å². The largest absolute Gasteiger partial charge is 0.502 e. The van der Waals surface area contributed by atoms with Gasteiger partial charge in [0.2, 0.25) is 11.2 Å². The van der Waals surface area contributed by atoms with Crippen molar-refractivity contribution in [1.82, 2.24) is 0 Å². The van der Waals surface area contributed by atoms with Crippen molar-refractivity contribution in [3.63, 3.8) is 0 Å². The second-order valence-corrected chi connectivity index (χ2v) is 5.13. The Kier molecular flexibility index (Phi) is 3.89. The van der Waals surface area contributed by atoms with E-state index in [1.165, 1.54) is 0 Å². The molecule has 0 fully saturated rings. The molecular weight excluding hydrogens is 292 g/mol. The number of hydrogen-bond donors (Lipinski definition) is 1. The molecule has 0 aliphatic heterocycles. The van der Waals surface area contributed by atoms with E-state index in [4.69, 9.17) is 9.15 Å². The van der Waals surface area contributed by atoms with Gasteiger partial charge in [0, 0.05) is 5.56 Å². The standard InChI is InChI=1S/C19H16O4/c1-3-6-12-7-5-10-15-16(20)17(21)19(23-18(12)15)13-8-4-9-14(11-13)22-2/h3-5,7-11,21H,1,6H2,2H3. The van der Waals surface area contributed by atoms with Gasteiger partial charge in [0.1, 0.15) is 11.3 Å². The summed E-state index contributed by atoms with van der Waals surface area (Å²) in [5.74, 6) is 0.350. The van der Waals surface area contributed by atoms with Crippen LogP contribution in [-0.2, 0) is 6.42 Å². The fraction of sp³-hybridized carbons (Fsp3) is 0.105. The van der Waals surface area contributed by atoms with Crippen LogP contribution in [0.25, 0.3) is 22.3 Å². The summed E-state index contributed by atoms with van der Waals surface area (Å²) in [4.78, 5) is 12.5. The number of rotatable bonds is 4. The van der Waals surface area contributed by atoms with Crippen molar-refractivity contribution in [3.8, 4) is 22.8 Å². The van der Waals surface area contributed by atoms with Gasteiger partial charge in [0.05, 0.1) is 12.5 Å². The Morgan fingerprint density at radius 1 is 1.26 bits per heavy atom. The number of fused-ring (bicyclic) bond motifs is 1. The SMILES string of the molecule is C=CCc1cccc2c(=O)c(O)c(-c3cccc(OC)c3)oc12. The van der Waals surface area contributed by atoms with Crippen molar-refractivity contribution >= 4 is 11.0 Å². The monoisotopic (exact) mass is 308 g/mol. The van der Waals surface area contributed by atoms with E-state index >= 15 is 0 Å². The minimum atomic E-state index is -0.449. The van der Waals surface area contributed by atoms with Gasteiger partial charge in [-0.25, -0.2) is 0 Å². The van der Waals surface area contributed by atoms with Crippen molar-refractivity contribution in [2.45, 2.75) is 6.42 Å². The van der Waals surface area contributed by atoms with E-state index in [0.29, 0.717) is 28.7 Å². The van der Waals surface area contributed by atoms with Crippen LogP contribution in [0.2, 0.25) is 0 Å². The number of allylic oxidation sites excluding steroid dienone is 1. The van der Waals surface area contributed by atoms with Gasteiger partial charge in [0.15, 0.2) is 5.76 Å². The summed E-state index contributed by atoms with van der Waals surface area (Å²) in [6.07, 6.45) is 2.31. The Balaban J connectivity index is 2.33. The van der Waals surface area contributed by atoms with Crippen LogP contribution in [0.5, 0.6) is 11.5 Å². The van der Waals surface area contributed by atoms with Crippen molar-refractivity contribution < 1.29 is 14.3 Å². The number of benzene rings is 2. The minimum Gasteiger partial charge on any atom is -0.502 e. The molecule has 1 N–H and O–H groups in total. The highest BCUT2D eigenvalue weighted by atomic mass is 16.5. The van der Waals surface area contributed by atoms with Gasteiger partial charge < -0.3 is 14.3 Å². The maximum atomic E-state index is 12.5. The molecule has 0 aliphatic rings. The van der Waals surface area contributed by atoms with Gasteiger partial charge in [-0.2, -0.15) is 0 Å². The first-order valence-corrected chi connectivity index (χ1v) is 7.18. The molecule has 0 saturated heterocycles. The van der Waals surface area contributed by atoms with Gasteiger partial charge in [0.25, 0.3) is 0 Å². The summed E-state index contributed by atoms with van der Waals surface area (Å²) in [5, 5.41) is 10.6. The van der Waals surface area contributed by atoms with Crippen LogP contribution in [0.15, 0.2) is 64.3 Å². The lowest BCUT2D eigenvalue weighted by Crippen LogP contribution is -2.04. The lowest BCUT2D eigenvalue weighted by molar-refractivity contribution is 0.414. The van der Waals surface area contributed by atoms with Gasteiger partial charge in [-0.05, 0) is 30.2 Å². The summed E-state index contributed by atoms with van der Waals surface area (Å²) in [6.45, 7) is 3.72. The third-order valence-corrected chi connectivity index (χ3v) is 3.67. The smallest absolute Gasteiger partial charge is 0.235 e. The quantitative estimate of drug-likeness (QED) is 0.743. The third kappa shape index (κ3) is 2.59. The molecule has 1 heterocycles. The molecule has 0 atom stereocenters. The number of para-hydroxylation sites is 1. The van der Waals surface area contributed by atoms with Crippen molar-refractivity contribution in [2.24, 2.45) is 0 Å². The van der Waals surface area contributed by atoms with Crippen molar-refractivity contribution in [1.29, 1.82) is 0 Å². The molecular formula is C19H16O4. The predicted molar refractivity (Wildman–Crippen MR) is 90.0 cm³/mol. The normalized spacial score (nSPS) is 10.7. The number of aromatic hydroxyl groups is 1. The van der Waals surface area contributed by atoms with Crippen LogP contribution >= 0.6 is 0 Å². The fourth-order valence-corrected chi connectivity index (χ4v) is 2.54. The minimum absolute atomic E-state index is 0.137. The predicted octanol–water partition coefficient (Wildman–Crippen LogP) is 3.90. The average molecular weight is 308 g/mol. The molecule has 2 aromatic carbocycles. The zero-order valence-electron chi connectivity index (χ0n) is 12.7. The molecule has 1 aromatic heterocycles. The number of ether oxygens (including phenoxy) is 1. The van der Waals surface area contributed by atoms with Crippen LogP contribution in [0.3, 0.4) is 0 Å². The summed E-state index contributed by atoms with van der Waals surface area (Å²) in [5.41, 5.74) is 1.44. The summed E-state index contributed by atoms with van der Waals surface area (Å²) >= 11 is 0. The van der Waals surface area contributed by atoms with Gasteiger partial charge in [-0.3, -0.25) is 4.79 Å². The van der Waals surface area contributed by atoms with Crippen LogP contribution < -0.4 is 10.2 Å². The molecule has 23 heavy (non-hydrogen) atoms. The average Bonchev–Trinajstić information content (AvgIpc) is 2.59. The molecule has 116 valence electrons. The maximum Gasteiger partial charge on any atom is 0.235 e. The second-order valence-electron chi connectivity index (χ2n) is 5.13. The molecule has 0 spiro atoms. The molecule has 3 aromatic rings. The zero-order chi connectivity index (χ0) is 16.4.